The lowest BCUT2D eigenvalue weighted by Gasteiger charge is -2.19. The van der Waals surface area contributed by atoms with Crippen molar-refractivity contribution in [3.05, 3.63) is 127 Å². The zero-order valence-electron chi connectivity index (χ0n) is 18.6. The molecule has 0 saturated carbocycles. The van der Waals surface area contributed by atoms with E-state index < -0.39 is 0 Å². The Balaban J connectivity index is 1.59. The number of para-hydroxylation sites is 4. The van der Waals surface area contributed by atoms with Crippen molar-refractivity contribution in [2.24, 2.45) is 0 Å². The van der Waals surface area contributed by atoms with Gasteiger partial charge in [-0.25, -0.2) is 4.98 Å². The van der Waals surface area contributed by atoms with Gasteiger partial charge in [0.2, 0.25) is 0 Å². The van der Waals surface area contributed by atoms with Crippen LogP contribution in [0, 0.1) is 0 Å². The van der Waals surface area contributed by atoms with Gasteiger partial charge in [-0.05, 0) is 54.6 Å². The number of aromatic nitrogens is 1. The third kappa shape index (κ3) is 5.34. The first kappa shape index (κ1) is 21.1. The molecule has 166 valence electrons. The Morgan fingerprint density at radius 2 is 0.647 bits per heavy atom. The zero-order valence-corrected chi connectivity index (χ0v) is 18.6. The summed E-state index contributed by atoms with van der Waals surface area (Å²) in [6.45, 7) is 0. The summed E-state index contributed by atoms with van der Waals surface area (Å²) in [5, 5.41) is 14.0. The van der Waals surface area contributed by atoms with Gasteiger partial charge in [0.25, 0.3) is 0 Å². The molecule has 0 unspecified atom stereocenters. The summed E-state index contributed by atoms with van der Waals surface area (Å²) in [6.07, 6.45) is 0. The van der Waals surface area contributed by atoms with Gasteiger partial charge in [0.1, 0.15) is 0 Å². The number of hydrogen-bond acceptors (Lipinski definition) is 5. The normalized spacial score (nSPS) is 10.4. The van der Waals surface area contributed by atoms with E-state index in [2.05, 4.69) is 27.3 Å². The molecule has 0 aliphatic heterocycles. The summed E-state index contributed by atoms with van der Waals surface area (Å²) in [4.78, 5) is 5.01. The topological polar surface area (TPSA) is 61.0 Å². The summed E-state index contributed by atoms with van der Waals surface area (Å²) in [5.41, 5.74) is 5.59. The number of rotatable bonds is 8. The zero-order chi connectivity index (χ0) is 23.0. The summed E-state index contributed by atoms with van der Waals surface area (Å²) in [5.74, 6) is 1.43. The summed E-state index contributed by atoms with van der Waals surface area (Å²) >= 11 is 0. The molecule has 0 fully saturated rings. The average molecular weight is 444 g/mol. The third-order valence-electron chi connectivity index (χ3n) is 5.20. The molecule has 0 aliphatic carbocycles. The number of anilines is 8. The van der Waals surface area contributed by atoms with E-state index in [1.807, 2.05) is 121 Å². The fourth-order valence-electron chi connectivity index (χ4n) is 3.56. The average Bonchev–Trinajstić information content (AvgIpc) is 2.89. The highest BCUT2D eigenvalue weighted by atomic mass is 15.1. The molecular formula is C29H25N5. The van der Waals surface area contributed by atoms with Gasteiger partial charge in [0.15, 0.2) is 11.6 Å². The van der Waals surface area contributed by atoms with Crippen LogP contribution >= 0.6 is 0 Å². The van der Waals surface area contributed by atoms with Crippen molar-refractivity contribution in [2.75, 3.05) is 21.3 Å². The lowest BCUT2D eigenvalue weighted by Crippen LogP contribution is -2.06. The maximum absolute atomic E-state index is 5.01. The summed E-state index contributed by atoms with van der Waals surface area (Å²) < 4.78 is 0. The Morgan fingerprint density at radius 1 is 0.353 bits per heavy atom. The van der Waals surface area contributed by atoms with Crippen molar-refractivity contribution < 1.29 is 0 Å². The number of nitrogens with zero attached hydrogens (tertiary/aromatic N) is 1. The van der Waals surface area contributed by atoms with Crippen molar-refractivity contribution in [3.63, 3.8) is 0 Å². The highest BCUT2D eigenvalue weighted by molar-refractivity contribution is 5.86. The Kier molecular flexibility index (Phi) is 6.35. The van der Waals surface area contributed by atoms with Gasteiger partial charge >= 0.3 is 0 Å². The molecule has 5 nitrogen and oxygen atoms in total. The molecule has 0 aliphatic rings. The minimum absolute atomic E-state index is 0.715. The highest BCUT2D eigenvalue weighted by Crippen LogP contribution is 2.36. The molecule has 5 aromatic rings. The van der Waals surface area contributed by atoms with Crippen LogP contribution in [0.15, 0.2) is 127 Å². The van der Waals surface area contributed by atoms with Gasteiger partial charge in [0.05, 0.1) is 11.4 Å². The SMILES string of the molecule is c1ccc(Nc2cc(Nc3ccccc3)c(Nc3ccccc3)nc2Nc2ccccc2)cc1. The summed E-state index contributed by atoms with van der Waals surface area (Å²) in [6, 6.07) is 42.3. The van der Waals surface area contributed by atoms with Crippen LogP contribution in [-0.4, -0.2) is 4.98 Å². The fourth-order valence-corrected chi connectivity index (χ4v) is 3.56. The predicted octanol–water partition coefficient (Wildman–Crippen LogP) is 8.06. The van der Waals surface area contributed by atoms with Gasteiger partial charge in [-0.3, -0.25) is 0 Å². The van der Waals surface area contributed by atoms with E-state index in [1.165, 1.54) is 0 Å². The largest absolute Gasteiger partial charge is 0.352 e. The number of pyridine rings is 1. The molecule has 0 radical (unpaired) electrons. The third-order valence-corrected chi connectivity index (χ3v) is 5.20. The number of benzene rings is 4. The van der Waals surface area contributed by atoms with Crippen LogP contribution in [0.3, 0.4) is 0 Å². The number of nitrogens with one attached hydrogen (secondary N) is 4. The maximum Gasteiger partial charge on any atom is 0.156 e. The Morgan fingerprint density at radius 3 is 0.971 bits per heavy atom. The van der Waals surface area contributed by atoms with E-state index in [9.17, 15) is 0 Å². The van der Waals surface area contributed by atoms with Crippen LogP contribution in [0.5, 0.6) is 0 Å². The van der Waals surface area contributed by atoms with Crippen molar-refractivity contribution in [1.29, 1.82) is 0 Å². The first-order chi connectivity index (χ1) is 16.8. The standard InChI is InChI=1S/C29H25N5/c1-5-13-22(14-6-1)30-26-21-27(31-23-15-7-2-8-16-23)29(33-25-19-11-4-12-20-25)34-28(26)32-24-17-9-3-10-18-24/h1-21,30-31H,(H2,32,33,34). The minimum atomic E-state index is 0.715. The van der Waals surface area contributed by atoms with Crippen LogP contribution in [0.1, 0.15) is 0 Å². The molecule has 0 atom stereocenters. The monoisotopic (exact) mass is 443 g/mol. The first-order valence-corrected chi connectivity index (χ1v) is 11.2. The van der Waals surface area contributed by atoms with Gasteiger partial charge in [-0.2, -0.15) is 0 Å². The molecule has 34 heavy (non-hydrogen) atoms. The Labute approximate surface area is 199 Å². The van der Waals surface area contributed by atoms with E-state index in [1.54, 1.807) is 0 Å². The molecule has 1 heterocycles. The molecule has 4 aromatic carbocycles. The summed E-state index contributed by atoms with van der Waals surface area (Å²) in [7, 11) is 0. The van der Waals surface area contributed by atoms with E-state index in [4.69, 9.17) is 4.98 Å². The second-order valence-electron chi connectivity index (χ2n) is 7.74. The van der Waals surface area contributed by atoms with Crippen molar-refractivity contribution in [1.82, 2.24) is 4.98 Å². The van der Waals surface area contributed by atoms with Crippen LogP contribution in [0.4, 0.5) is 45.8 Å². The molecule has 0 saturated heterocycles. The van der Waals surface area contributed by atoms with Gasteiger partial charge in [-0.1, -0.05) is 72.8 Å². The quantitative estimate of drug-likeness (QED) is 0.195. The molecule has 5 rings (SSSR count). The first-order valence-electron chi connectivity index (χ1n) is 11.2. The van der Waals surface area contributed by atoms with E-state index in [0.29, 0.717) is 11.6 Å². The highest BCUT2D eigenvalue weighted by Gasteiger charge is 2.14. The molecule has 4 N–H and O–H groups in total. The maximum atomic E-state index is 5.01. The lowest BCUT2D eigenvalue weighted by molar-refractivity contribution is 1.28. The van der Waals surface area contributed by atoms with Gasteiger partial charge in [0, 0.05) is 22.7 Å². The lowest BCUT2D eigenvalue weighted by atomic mass is 10.2. The van der Waals surface area contributed by atoms with E-state index in [-0.39, 0.29) is 0 Å². The molecule has 0 bridgehead atoms. The van der Waals surface area contributed by atoms with Crippen molar-refractivity contribution in [3.8, 4) is 0 Å². The van der Waals surface area contributed by atoms with Crippen LogP contribution < -0.4 is 21.3 Å². The number of hydrogen-bond donors (Lipinski definition) is 4. The Bertz CT molecular complexity index is 1120. The van der Waals surface area contributed by atoms with Crippen molar-refractivity contribution in [2.45, 2.75) is 0 Å². The van der Waals surface area contributed by atoms with Crippen LogP contribution in [0.2, 0.25) is 0 Å². The van der Waals surface area contributed by atoms with Gasteiger partial charge < -0.3 is 21.3 Å². The second kappa shape index (κ2) is 10.2. The molecule has 1 aromatic heterocycles. The fraction of sp³-hybridized carbons (Fsp3) is 0. The van der Waals surface area contributed by atoms with Crippen LogP contribution in [0.25, 0.3) is 0 Å². The molecule has 0 spiro atoms. The smallest absolute Gasteiger partial charge is 0.156 e. The van der Waals surface area contributed by atoms with E-state index in [0.717, 1.165) is 34.1 Å². The Hall–Kier alpha value is -4.77. The van der Waals surface area contributed by atoms with Crippen molar-refractivity contribution >= 4 is 45.8 Å². The molecular weight excluding hydrogens is 418 g/mol. The second-order valence-corrected chi connectivity index (χ2v) is 7.74. The van der Waals surface area contributed by atoms with Gasteiger partial charge in [-0.15, -0.1) is 0 Å². The molecule has 5 heteroatoms. The predicted molar refractivity (Wildman–Crippen MR) is 143 cm³/mol. The van der Waals surface area contributed by atoms with E-state index >= 15 is 0 Å². The minimum Gasteiger partial charge on any atom is -0.352 e. The van der Waals surface area contributed by atoms with Crippen LogP contribution in [-0.2, 0) is 0 Å². The molecule has 0 amide bonds.